The average Bonchev–Trinajstić information content (AvgIpc) is 2.79. The topological polar surface area (TPSA) is 72.5 Å². The van der Waals surface area contributed by atoms with Gasteiger partial charge in [0.1, 0.15) is 0 Å². The van der Waals surface area contributed by atoms with Crippen molar-refractivity contribution in [1.29, 1.82) is 0 Å². The van der Waals surface area contributed by atoms with Gasteiger partial charge in [-0.05, 0) is 25.7 Å². The molecule has 2 aliphatic rings. The molecule has 0 saturated heterocycles. The number of carbonyl (C=O) groups is 1. The van der Waals surface area contributed by atoms with E-state index in [4.69, 9.17) is 4.74 Å². The molecule has 2 atom stereocenters. The lowest BCUT2D eigenvalue weighted by Gasteiger charge is -2.22. The second kappa shape index (κ2) is 6.89. The highest BCUT2D eigenvalue weighted by Crippen LogP contribution is 2.32. The zero-order valence-corrected chi connectivity index (χ0v) is 13.0. The van der Waals surface area contributed by atoms with E-state index in [1.54, 1.807) is 0 Å². The second-order valence-electron chi connectivity index (χ2n) is 5.95. The lowest BCUT2D eigenvalue weighted by Crippen LogP contribution is -2.44. The SMILES string of the molecule is COC(=O)C1CCCC1S(=O)(=O)NC1CCCCCC1. The summed E-state index contributed by atoms with van der Waals surface area (Å²) in [6.07, 6.45) is 8.31. The van der Waals surface area contributed by atoms with Crippen LogP contribution in [0.25, 0.3) is 0 Å². The summed E-state index contributed by atoms with van der Waals surface area (Å²) in [7, 11) is -2.11. The van der Waals surface area contributed by atoms with Gasteiger partial charge >= 0.3 is 5.97 Å². The van der Waals surface area contributed by atoms with Crippen LogP contribution in [0.2, 0.25) is 0 Å². The fourth-order valence-electron chi connectivity index (χ4n) is 3.44. The Bertz CT molecular complexity index is 426. The van der Waals surface area contributed by atoms with E-state index in [-0.39, 0.29) is 6.04 Å². The summed E-state index contributed by atoms with van der Waals surface area (Å²) >= 11 is 0. The fourth-order valence-corrected chi connectivity index (χ4v) is 5.47. The number of methoxy groups -OCH3 is 1. The van der Waals surface area contributed by atoms with Gasteiger partial charge in [0.05, 0.1) is 18.3 Å². The lowest BCUT2D eigenvalue weighted by molar-refractivity contribution is -0.145. The second-order valence-corrected chi connectivity index (χ2v) is 7.88. The van der Waals surface area contributed by atoms with Gasteiger partial charge in [-0.15, -0.1) is 0 Å². The van der Waals surface area contributed by atoms with Crippen LogP contribution in [0.4, 0.5) is 0 Å². The van der Waals surface area contributed by atoms with Crippen molar-refractivity contribution in [3.05, 3.63) is 0 Å². The van der Waals surface area contributed by atoms with Gasteiger partial charge in [0.2, 0.25) is 10.0 Å². The molecule has 116 valence electrons. The molecule has 6 heteroatoms. The van der Waals surface area contributed by atoms with E-state index in [9.17, 15) is 13.2 Å². The van der Waals surface area contributed by atoms with Crippen molar-refractivity contribution in [2.24, 2.45) is 5.92 Å². The van der Waals surface area contributed by atoms with E-state index in [1.807, 2.05) is 0 Å². The molecule has 20 heavy (non-hydrogen) atoms. The number of sulfonamides is 1. The molecule has 0 aromatic carbocycles. The Labute approximate surface area is 121 Å². The Morgan fingerprint density at radius 2 is 1.65 bits per heavy atom. The molecule has 0 spiro atoms. The Kier molecular flexibility index (Phi) is 5.43. The highest BCUT2D eigenvalue weighted by atomic mass is 32.2. The van der Waals surface area contributed by atoms with Gasteiger partial charge in [0.15, 0.2) is 0 Å². The van der Waals surface area contributed by atoms with E-state index in [0.717, 1.165) is 32.1 Å². The van der Waals surface area contributed by atoms with Gasteiger partial charge in [-0.25, -0.2) is 13.1 Å². The van der Waals surface area contributed by atoms with Gasteiger partial charge in [-0.2, -0.15) is 0 Å². The predicted octanol–water partition coefficient (Wildman–Crippen LogP) is 1.97. The fraction of sp³-hybridized carbons (Fsp3) is 0.929. The number of carbonyl (C=O) groups excluding carboxylic acids is 1. The smallest absolute Gasteiger partial charge is 0.310 e. The number of esters is 1. The standard InChI is InChI=1S/C14H25NO4S/c1-19-14(16)12-9-6-10-13(12)20(17,18)15-11-7-4-2-3-5-8-11/h11-13,15H,2-10H2,1H3. The number of rotatable bonds is 4. The zero-order valence-electron chi connectivity index (χ0n) is 12.1. The molecule has 2 rings (SSSR count). The predicted molar refractivity (Wildman–Crippen MR) is 76.7 cm³/mol. The largest absolute Gasteiger partial charge is 0.469 e. The third-order valence-electron chi connectivity index (χ3n) is 4.54. The molecule has 1 N–H and O–H groups in total. The van der Waals surface area contributed by atoms with Gasteiger partial charge in [-0.3, -0.25) is 4.79 Å². The molecule has 0 heterocycles. The Hall–Kier alpha value is -0.620. The summed E-state index contributed by atoms with van der Waals surface area (Å²) in [4.78, 5) is 11.7. The van der Waals surface area contributed by atoms with Crippen LogP contribution in [0.3, 0.4) is 0 Å². The molecule has 2 unspecified atom stereocenters. The minimum atomic E-state index is -3.43. The van der Waals surface area contributed by atoms with Crippen molar-refractivity contribution in [2.75, 3.05) is 7.11 Å². The van der Waals surface area contributed by atoms with E-state index >= 15 is 0 Å². The van der Waals surface area contributed by atoms with Gasteiger partial charge in [0.25, 0.3) is 0 Å². The first-order valence-corrected chi connectivity index (χ1v) is 9.18. The maximum absolute atomic E-state index is 12.5. The highest BCUT2D eigenvalue weighted by Gasteiger charge is 2.42. The van der Waals surface area contributed by atoms with Crippen molar-refractivity contribution in [2.45, 2.75) is 69.1 Å². The molecule has 2 saturated carbocycles. The molecule has 0 aromatic heterocycles. The van der Waals surface area contributed by atoms with E-state index in [0.29, 0.717) is 12.8 Å². The molecule has 0 amide bonds. The van der Waals surface area contributed by atoms with Crippen molar-refractivity contribution in [3.8, 4) is 0 Å². The lowest BCUT2D eigenvalue weighted by atomic mass is 10.1. The van der Waals surface area contributed by atoms with Crippen LogP contribution in [-0.4, -0.2) is 32.8 Å². The van der Waals surface area contributed by atoms with Crippen molar-refractivity contribution in [3.63, 3.8) is 0 Å². The third kappa shape index (κ3) is 3.73. The van der Waals surface area contributed by atoms with Crippen LogP contribution < -0.4 is 4.72 Å². The monoisotopic (exact) mass is 303 g/mol. The van der Waals surface area contributed by atoms with Gasteiger partial charge < -0.3 is 4.74 Å². The molecule has 2 aliphatic carbocycles. The molecule has 0 aromatic rings. The Morgan fingerprint density at radius 1 is 1.00 bits per heavy atom. The summed E-state index contributed by atoms with van der Waals surface area (Å²) in [6, 6.07) is 0.0430. The average molecular weight is 303 g/mol. The van der Waals surface area contributed by atoms with Crippen molar-refractivity contribution >= 4 is 16.0 Å². The minimum absolute atomic E-state index is 0.0430. The summed E-state index contributed by atoms with van der Waals surface area (Å²) < 4.78 is 32.6. The van der Waals surface area contributed by atoms with E-state index in [1.165, 1.54) is 20.0 Å². The first-order chi connectivity index (χ1) is 9.54. The van der Waals surface area contributed by atoms with Crippen molar-refractivity contribution < 1.29 is 17.9 Å². The molecule has 0 radical (unpaired) electrons. The minimum Gasteiger partial charge on any atom is -0.469 e. The summed E-state index contributed by atoms with van der Waals surface area (Å²) in [6.45, 7) is 0. The Balaban J connectivity index is 2.03. The number of hydrogen-bond acceptors (Lipinski definition) is 4. The molecule has 5 nitrogen and oxygen atoms in total. The number of nitrogens with one attached hydrogen (secondary N) is 1. The first kappa shape index (κ1) is 15.8. The summed E-state index contributed by atoms with van der Waals surface area (Å²) in [5.41, 5.74) is 0. The summed E-state index contributed by atoms with van der Waals surface area (Å²) in [5.74, 6) is -0.887. The summed E-state index contributed by atoms with van der Waals surface area (Å²) in [5, 5.41) is -0.613. The van der Waals surface area contributed by atoms with Gasteiger partial charge in [0, 0.05) is 6.04 Å². The number of hydrogen-bond donors (Lipinski definition) is 1. The van der Waals surface area contributed by atoms with Crippen LogP contribution >= 0.6 is 0 Å². The van der Waals surface area contributed by atoms with Gasteiger partial charge in [-0.1, -0.05) is 32.1 Å². The normalized spacial score (nSPS) is 29.1. The maximum atomic E-state index is 12.5. The molecule has 0 bridgehead atoms. The third-order valence-corrected chi connectivity index (χ3v) is 6.56. The quantitative estimate of drug-likeness (QED) is 0.636. The molecule has 2 fully saturated rings. The molecule has 0 aliphatic heterocycles. The van der Waals surface area contributed by atoms with Crippen LogP contribution in [0.15, 0.2) is 0 Å². The van der Waals surface area contributed by atoms with E-state index < -0.39 is 27.2 Å². The maximum Gasteiger partial charge on any atom is 0.310 e. The van der Waals surface area contributed by atoms with Crippen LogP contribution in [0, 0.1) is 5.92 Å². The van der Waals surface area contributed by atoms with Crippen LogP contribution in [0.1, 0.15) is 57.8 Å². The van der Waals surface area contributed by atoms with E-state index in [2.05, 4.69) is 4.72 Å². The van der Waals surface area contributed by atoms with Crippen LogP contribution in [0.5, 0.6) is 0 Å². The van der Waals surface area contributed by atoms with Crippen molar-refractivity contribution in [1.82, 2.24) is 4.72 Å². The highest BCUT2D eigenvalue weighted by molar-refractivity contribution is 7.90. The Morgan fingerprint density at radius 3 is 2.25 bits per heavy atom. The molecular formula is C14H25NO4S. The number of ether oxygens (including phenoxy) is 1. The first-order valence-electron chi connectivity index (χ1n) is 7.63. The molecular weight excluding hydrogens is 278 g/mol. The van der Waals surface area contributed by atoms with Crippen LogP contribution in [-0.2, 0) is 19.6 Å². The zero-order chi connectivity index (χ0) is 14.6.